The van der Waals surface area contributed by atoms with Crippen LogP contribution in [-0.4, -0.2) is 64.3 Å². The molecule has 1 saturated carbocycles. The third-order valence-electron chi connectivity index (χ3n) is 5.92. The zero-order chi connectivity index (χ0) is 25.3. The van der Waals surface area contributed by atoms with E-state index < -0.39 is 35.0 Å². The number of benzene rings is 1. The maximum absolute atomic E-state index is 12.9. The van der Waals surface area contributed by atoms with Gasteiger partial charge in [0, 0.05) is 44.1 Å². The minimum Gasteiger partial charge on any atom is -0.465 e. The van der Waals surface area contributed by atoms with Crippen molar-refractivity contribution in [3.8, 4) is 0 Å². The number of rotatable bonds is 6. The second kappa shape index (κ2) is 9.76. The number of hydrogen-bond donors (Lipinski definition) is 2. The fraction of sp³-hybridized carbons (Fsp3) is 0.455. The summed E-state index contributed by atoms with van der Waals surface area (Å²) >= 11 is 5.72. The predicted molar refractivity (Wildman–Crippen MR) is 121 cm³/mol. The molecule has 1 aromatic heterocycles. The lowest BCUT2D eigenvalue weighted by atomic mass is 10.1. The van der Waals surface area contributed by atoms with Gasteiger partial charge in [0.2, 0.25) is 5.95 Å². The molecule has 1 unspecified atom stereocenters. The van der Waals surface area contributed by atoms with E-state index in [2.05, 4.69) is 15.3 Å². The molecule has 0 bridgehead atoms. The van der Waals surface area contributed by atoms with E-state index in [1.165, 1.54) is 11.8 Å². The van der Waals surface area contributed by atoms with Gasteiger partial charge in [-0.25, -0.2) is 14.8 Å². The number of anilines is 3. The van der Waals surface area contributed by atoms with Crippen molar-refractivity contribution in [2.75, 3.05) is 36.5 Å². The van der Waals surface area contributed by atoms with Crippen molar-refractivity contribution in [3.05, 3.63) is 40.7 Å². The number of amides is 1. The molecule has 2 aromatic rings. The number of carbonyl (C=O) groups is 2. The van der Waals surface area contributed by atoms with Crippen LogP contribution in [0, 0.1) is 0 Å². The first-order valence-corrected chi connectivity index (χ1v) is 11.3. The van der Waals surface area contributed by atoms with Crippen LogP contribution in [0.3, 0.4) is 0 Å². The minimum atomic E-state index is -4.64. The van der Waals surface area contributed by atoms with Crippen LogP contribution in [0.15, 0.2) is 24.4 Å². The summed E-state index contributed by atoms with van der Waals surface area (Å²) in [4.78, 5) is 33.6. The summed E-state index contributed by atoms with van der Waals surface area (Å²) < 4.78 is 43.9. The summed E-state index contributed by atoms with van der Waals surface area (Å²) in [5.41, 5.74) is 1.38. The van der Waals surface area contributed by atoms with Gasteiger partial charge in [0.15, 0.2) is 0 Å². The average Bonchev–Trinajstić information content (AvgIpc) is 3.62. The Morgan fingerprint density at radius 3 is 2.63 bits per heavy atom. The maximum Gasteiger partial charge on any atom is 0.420 e. The van der Waals surface area contributed by atoms with E-state index in [9.17, 15) is 27.9 Å². The minimum absolute atomic E-state index is 0.0424. The molecule has 1 atom stereocenters. The Balaban J connectivity index is 1.54. The third-order valence-corrected chi connectivity index (χ3v) is 6.21. The van der Waals surface area contributed by atoms with Crippen LogP contribution in [0.5, 0.6) is 0 Å². The first-order valence-electron chi connectivity index (χ1n) is 10.9. The number of esters is 1. The number of halogens is 4. The number of carboxylic acid groups (broad SMARTS) is 1. The van der Waals surface area contributed by atoms with Gasteiger partial charge in [-0.1, -0.05) is 11.6 Å². The van der Waals surface area contributed by atoms with Crippen molar-refractivity contribution in [3.63, 3.8) is 0 Å². The summed E-state index contributed by atoms with van der Waals surface area (Å²) in [6, 6.07) is 5.09. The molecule has 1 aliphatic carbocycles. The van der Waals surface area contributed by atoms with Gasteiger partial charge in [-0.05, 0) is 42.5 Å². The number of alkyl halides is 3. The second-order valence-corrected chi connectivity index (χ2v) is 8.80. The van der Waals surface area contributed by atoms with Gasteiger partial charge in [-0.15, -0.1) is 0 Å². The molecule has 9 nitrogen and oxygen atoms in total. The lowest BCUT2D eigenvalue weighted by Crippen LogP contribution is -2.56. The number of nitrogens with one attached hydrogen (secondary N) is 1. The van der Waals surface area contributed by atoms with Crippen LogP contribution in [0.25, 0.3) is 0 Å². The fourth-order valence-electron chi connectivity index (χ4n) is 4.02. The maximum atomic E-state index is 12.9. The second-order valence-electron chi connectivity index (χ2n) is 8.45. The SMILES string of the molecule is CC(=O)OCC1CN(c2ccc(Nc3ncc(C(F)(F)F)c(Cl)n3)c(C3CC3)c2)CCN1C(=O)O. The van der Waals surface area contributed by atoms with Crippen LogP contribution in [0.1, 0.15) is 36.8 Å². The Hall–Kier alpha value is -3.28. The molecule has 2 heterocycles. The molecule has 1 aliphatic heterocycles. The van der Waals surface area contributed by atoms with Crippen molar-refractivity contribution in [1.82, 2.24) is 14.9 Å². The molecule has 2 N–H and O–H groups in total. The molecule has 2 fully saturated rings. The Morgan fingerprint density at radius 1 is 1.29 bits per heavy atom. The van der Waals surface area contributed by atoms with Crippen LogP contribution < -0.4 is 10.2 Å². The van der Waals surface area contributed by atoms with Gasteiger partial charge in [0.25, 0.3) is 0 Å². The molecule has 1 aromatic carbocycles. The predicted octanol–water partition coefficient (Wildman–Crippen LogP) is 4.50. The number of carbonyl (C=O) groups excluding carboxylic acids is 1. The smallest absolute Gasteiger partial charge is 0.420 e. The Bertz CT molecular complexity index is 1130. The molecular formula is C22H23ClF3N5O4. The highest BCUT2D eigenvalue weighted by atomic mass is 35.5. The largest absolute Gasteiger partial charge is 0.465 e. The standard InChI is InChI=1S/C22H23ClF3N5O4/c1-12(32)35-11-15-10-30(6-7-31(15)21(33)34)14-4-5-18(16(8-14)13-2-3-13)28-20-27-9-17(19(23)29-20)22(24,25)26/h4-5,8-9,13,15H,2-3,6-7,10-11H2,1H3,(H,33,34)(H,27,28,29). The lowest BCUT2D eigenvalue weighted by Gasteiger charge is -2.40. The molecule has 0 spiro atoms. The summed E-state index contributed by atoms with van der Waals surface area (Å²) in [5, 5.41) is 11.8. The normalized spacial score (nSPS) is 18.4. The van der Waals surface area contributed by atoms with E-state index in [1.54, 1.807) is 6.07 Å². The van der Waals surface area contributed by atoms with Crippen molar-refractivity contribution in [1.29, 1.82) is 0 Å². The monoisotopic (exact) mass is 513 g/mol. The number of ether oxygens (including phenoxy) is 1. The molecule has 1 amide bonds. The lowest BCUT2D eigenvalue weighted by molar-refractivity contribution is -0.142. The van der Waals surface area contributed by atoms with E-state index >= 15 is 0 Å². The summed E-state index contributed by atoms with van der Waals surface area (Å²) in [7, 11) is 0. The van der Waals surface area contributed by atoms with E-state index in [1.807, 2.05) is 17.0 Å². The number of nitrogens with zero attached hydrogens (tertiary/aromatic N) is 4. The molecule has 188 valence electrons. The number of piperazine rings is 1. The van der Waals surface area contributed by atoms with E-state index in [0.29, 0.717) is 25.0 Å². The topological polar surface area (TPSA) is 108 Å². The van der Waals surface area contributed by atoms with Crippen LogP contribution in [0.2, 0.25) is 5.15 Å². The molecule has 0 radical (unpaired) electrons. The van der Waals surface area contributed by atoms with Crippen LogP contribution in [0.4, 0.5) is 35.3 Å². The van der Waals surface area contributed by atoms with Gasteiger partial charge in [0.05, 0.1) is 6.04 Å². The van der Waals surface area contributed by atoms with Gasteiger partial charge in [-0.2, -0.15) is 13.2 Å². The van der Waals surface area contributed by atoms with Crippen molar-refractivity contribution in [2.45, 2.75) is 37.9 Å². The zero-order valence-electron chi connectivity index (χ0n) is 18.7. The van der Waals surface area contributed by atoms with Crippen molar-refractivity contribution >= 4 is 41.0 Å². The highest BCUT2D eigenvalue weighted by molar-refractivity contribution is 6.30. The number of hydrogen-bond acceptors (Lipinski definition) is 7. The molecule has 2 aliphatic rings. The molecule has 1 saturated heterocycles. The van der Waals surface area contributed by atoms with Gasteiger partial charge >= 0.3 is 18.2 Å². The Kier molecular flexibility index (Phi) is 6.93. The van der Waals surface area contributed by atoms with Crippen LogP contribution >= 0.6 is 11.6 Å². The number of aromatic nitrogens is 2. The Labute approximate surface area is 203 Å². The summed E-state index contributed by atoms with van der Waals surface area (Å²) in [6.07, 6.45) is -3.14. The zero-order valence-corrected chi connectivity index (χ0v) is 19.4. The Morgan fingerprint density at radius 2 is 2.03 bits per heavy atom. The van der Waals surface area contributed by atoms with E-state index in [-0.39, 0.29) is 25.0 Å². The molecule has 4 rings (SSSR count). The first-order chi connectivity index (χ1) is 16.5. The molecular weight excluding hydrogens is 491 g/mol. The fourth-order valence-corrected chi connectivity index (χ4v) is 4.26. The summed E-state index contributed by atoms with van der Waals surface area (Å²) in [5.74, 6) is -0.252. The third kappa shape index (κ3) is 5.87. The highest BCUT2D eigenvalue weighted by Gasteiger charge is 2.35. The average molecular weight is 514 g/mol. The van der Waals surface area contributed by atoms with E-state index in [0.717, 1.165) is 24.1 Å². The first kappa shape index (κ1) is 24.8. The van der Waals surface area contributed by atoms with Crippen molar-refractivity contribution < 1.29 is 32.6 Å². The highest BCUT2D eigenvalue weighted by Crippen LogP contribution is 2.45. The molecule has 35 heavy (non-hydrogen) atoms. The van der Waals surface area contributed by atoms with E-state index in [4.69, 9.17) is 16.3 Å². The quantitative estimate of drug-likeness (QED) is 0.429. The van der Waals surface area contributed by atoms with Crippen LogP contribution in [-0.2, 0) is 15.7 Å². The van der Waals surface area contributed by atoms with Gasteiger partial charge in [0.1, 0.15) is 17.3 Å². The summed E-state index contributed by atoms with van der Waals surface area (Å²) in [6.45, 7) is 2.27. The molecule has 13 heteroatoms. The van der Waals surface area contributed by atoms with Crippen molar-refractivity contribution in [2.24, 2.45) is 0 Å². The van der Waals surface area contributed by atoms with Gasteiger partial charge < -0.3 is 20.1 Å². The van der Waals surface area contributed by atoms with Gasteiger partial charge in [-0.3, -0.25) is 9.69 Å².